The third-order valence-electron chi connectivity index (χ3n) is 1.24. The number of hydrogen-bond acceptors (Lipinski definition) is 3. The van der Waals surface area contributed by atoms with Crippen LogP contribution in [0.15, 0.2) is 6.20 Å². The molecular weight excluding hydrogens is 261 g/mol. The van der Waals surface area contributed by atoms with Crippen LogP contribution in [0.2, 0.25) is 0 Å². The second-order valence-corrected chi connectivity index (χ2v) is 3.05. The SMILES string of the molecule is CCn1ncc(I)c1[N+](=O)[O-]. The first-order valence-corrected chi connectivity index (χ1v) is 4.10. The molecular formula is C5H6IN3O2. The molecule has 0 spiro atoms. The summed E-state index contributed by atoms with van der Waals surface area (Å²) in [4.78, 5) is 9.98. The Morgan fingerprint density at radius 1 is 1.91 bits per heavy atom. The number of hydrogen-bond donors (Lipinski definition) is 0. The van der Waals surface area contributed by atoms with E-state index in [0.717, 1.165) is 0 Å². The minimum atomic E-state index is -0.418. The molecule has 0 radical (unpaired) electrons. The molecule has 0 aliphatic rings. The predicted molar refractivity (Wildman–Crippen MR) is 47.3 cm³/mol. The van der Waals surface area contributed by atoms with Gasteiger partial charge in [0.1, 0.15) is 10.1 Å². The summed E-state index contributed by atoms with van der Waals surface area (Å²) in [7, 11) is 0. The van der Waals surface area contributed by atoms with E-state index < -0.39 is 4.92 Å². The summed E-state index contributed by atoms with van der Waals surface area (Å²) in [5, 5.41) is 14.2. The second-order valence-electron chi connectivity index (χ2n) is 1.89. The van der Waals surface area contributed by atoms with E-state index >= 15 is 0 Å². The molecule has 1 heterocycles. The van der Waals surface area contributed by atoms with Crippen LogP contribution in [0.1, 0.15) is 6.92 Å². The van der Waals surface area contributed by atoms with Gasteiger partial charge in [-0.15, -0.1) is 4.68 Å². The standard InChI is InChI=1S/C5H6IN3O2/c1-2-8-5(9(10)11)4(6)3-7-8/h3H,2H2,1H3. The van der Waals surface area contributed by atoms with Gasteiger partial charge in [0.2, 0.25) is 0 Å². The molecule has 0 amide bonds. The maximum atomic E-state index is 10.4. The fraction of sp³-hybridized carbons (Fsp3) is 0.400. The van der Waals surface area contributed by atoms with Crippen molar-refractivity contribution in [1.29, 1.82) is 0 Å². The molecule has 0 fully saturated rings. The number of nitrogens with zero attached hydrogens (tertiary/aromatic N) is 3. The highest BCUT2D eigenvalue weighted by molar-refractivity contribution is 14.1. The lowest BCUT2D eigenvalue weighted by molar-refractivity contribution is -0.393. The Labute approximate surface area is 76.7 Å². The van der Waals surface area contributed by atoms with Gasteiger partial charge in [-0.05, 0) is 34.4 Å². The lowest BCUT2D eigenvalue weighted by Crippen LogP contribution is -2.02. The van der Waals surface area contributed by atoms with Crippen LogP contribution >= 0.6 is 22.6 Å². The molecule has 0 bridgehead atoms. The van der Waals surface area contributed by atoms with Gasteiger partial charge in [-0.1, -0.05) is 5.10 Å². The minimum absolute atomic E-state index is 0.0769. The van der Waals surface area contributed by atoms with E-state index in [9.17, 15) is 10.1 Å². The van der Waals surface area contributed by atoms with Crippen LogP contribution in [0, 0.1) is 13.7 Å². The van der Waals surface area contributed by atoms with Crippen molar-refractivity contribution in [2.45, 2.75) is 13.5 Å². The van der Waals surface area contributed by atoms with Gasteiger partial charge in [-0.2, -0.15) is 0 Å². The van der Waals surface area contributed by atoms with Crippen molar-refractivity contribution in [3.05, 3.63) is 19.9 Å². The summed E-state index contributed by atoms with van der Waals surface area (Å²) in [5.74, 6) is 0.0769. The van der Waals surface area contributed by atoms with E-state index in [1.54, 1.807) is 0 Å². The maximum absolute atomic E-state index is 10.4. The third-order valence-corrected chi connectivity index (χ3v) is 2.00. The average molecular weight is 267 g/mol. The minimum Gasteiger partial charge on any atom is -0.358 e. The molecule has 1 rings (SSSR count). The fourth-order valence-electron chi connectivity index (χ4n) is 0.769. The molecule has 0 saturated carbocycles. The molecule has 11 heavy (non-hydrogen) atoms. The van der Waals surface area contributed by atoms with Gasteiger partial charge in [0.15, 0.2) is 0 Å². The van der Waals surface area contributed by atoms with Gasteiger partial charge >= 0.3 is 5.82 Å². The molecule has 1 aromatic rings. The predicted octanol–water partition coefficient (Wildman–Crippen LogP) is 1.42. The van der Waals surface area contributed by atoms with Gasteiger partial charge in [0.05, 0.1) is 6.20 Å². The quantitative estimate of drug-likeness (QED) is 0.462. The van der Waals surface area contributed by atoms with Crippen molar-refractivity contribution in [1.82, 2.24) is 9.78 Å². The van der Waals surface area contributed by atoms with E-state index in [1.165, 1.54) is 10.9 Å². The van der Waals surface area contributed by atoms with Crippen molar-refractivity contribution in [3.8, 4) is 0 Å². The molecule has 1 aromatic heterocycles. The summed E-state index contributed by atoms with van der Waals surface area (Å²) < 4.78 is 1.94. The second kappa shape index (κ2) is 3.16. The smallest absolute Gasteiger partial charge is 0.358 e. The Kier molecular flexibility index (Phi) is 2.42. The van der Waals surface area contributed by atoms with Crippen LogP contribution in [-0.4, -0.2) is 14.7 Å². The highest BCUT2D eigenvalue weighted by atomic mass is 127. The lowest BCUT2D eigenvalue weighted by atomic mass is 10.6. The van der Waals surface area contributed by atoms with Crippen molar-refractivity contribution in [3.63, 3.8) is 0 Å². The van der Waals surface area contributed by atoms with Gasteiger partial charge in [0, 0.05) is 0 Å². The lowest BCUT2D eigenvalue weighted by Gasteiger charge is -1.94. The Balaban J connectivity index is 3.17. The zero-order valence-electron chi connectivity index (χ0n) is 5.82. The largest absolute Gasteiger partial charge is 0.358 e. The first-order valence-electron chi connectivity index (χ1n) is 3.02. The van der Waals surface area contributed by atoms with Gasteiger partial charge in [-0.25, -0.2) is 0 Å². The van der Waals surface area contributed by atoms with Crippen LogP contribution in [0.4, 0.5) is 5.82 Å². The Morgan fingerprint density at radius 2 is 2.55 bits per heavy atom. The normalized spacial score (nSPS) is 10.0. The van der Waals surface area contributed by atoms with Gasteiger partial charge in [-0.3, -0.25) is 0 Å². The Hall–Kier alpha value is -0.660. The Morgan fingerprint density at radius 3 is 2.91 bits per heavy atom. The summed E-state index contributed by atoms with van der Waals surface area (Å²) in [6, 6.07) is 0. The van der Waals surface area contributed by atoms with Gasteiger partial charge in [0.25, 0.3) is 0 Å². The molecule has 6 heteroatoms. The number of aromatic nitrogens is 2. The number of aryl methyl sites for hydroxylation is 1. The molecule has 0 N–H and O–H groups in total. The first-order chi connectivity index (χ1) is 5.16. The van der Waals surface area contributed by atoms with Crippen molar-refractivity contribution in [2.24, 2.45) is 0 Å². The van der Waals surface area contributed by atoms with Gasteiger partial charge < -0.3 is 10.1 Å². The molecule has 0 unspecified atom stereocenters. The number of halogens is 1. The summed E-state index contributed by atoms with van der Waals surface area (Å²) in [6.45, 7) is 2.34. The highest BCUT2D eigenvalue weighted by Gasteiger charge is 2.17. The van der Waals surface area contributed by atoms with Crippen LogP contribution in [0.5, 0.6) is 0 Å². The first kappa shape index (κ1) is 8.44. The van der Waals surface area contributed by atoms with E-state index in [1.807, 2.05) is 29.5 Å². The number of rotatable bonds is 2. The van der Waals surface area contributed by atoms with Crippen molar-refractivity contribution in [2.75, 3.05) is 0 Å². The molecule has 0 aliphatic carbocycles. The zero-order chi connectivity index (χ0) is 8.43. The zero-order valence-corrected chi connectivity index (χ0v) is 7.98. The van der Waals surface area contributed by atoms with Crippen molar-refractivity contribution < 1.29 is 4.92 Å². The fourth-order valence-corrected chi connectivity index (χ4v) is 1.37. The van der Waals surface area contributed by atoms with Crippen LogP contribution in [-0.2, 0) is 6.54 Å². The van der Waals surface area contributed by atoms with E-state index in [-0.39, 0.29) is 5.82 Å². The monoisotopic (exact) mass is 267 g/mol. The van der Waals surface area contributed by atoms with Crippen molar-refractivity contribution >= 4 is 28.4 Å². The maximum Gasteiger partial charge on any atom is 0.358 e. The Bertz CT molecular complexity index is 283. The topological polar surface area (TPSA) is 61.0 Å². The third kappa shape index (κ3) is 1.50. The molecule has 0 aliphatic heterocycles. The summed E-state index contributed by atoms with van der Waals surface area (Å²) in [6.07, 6.45) is 1.49. The van der Waals surface area contributed by atoms with Crippen LogP contribution in [0.25, 0.3) is 0 Å². The van der Waals surface area contributed by atoms with E-state index in [2.05, 4.69) is 5.10 Å². The van der Waals surface area contributed by atoms with Crippen LogP contribution in [0.3, 0.4) is 0 Å². The molecule has 0 aromatic carbocycles. The summed E-state index contributed by atoms with van der Waals surface area (Å²) in [5.41, 5.74) is 0. The molecule has 0 saturated heterocycles. The van der Waals surface area contributed by atoms with E-state index in [0.29, 0.717) is 10.1 Å². The molecule has 0 atom stereocenters. The van der Waals surface area contributed by atoms with E-state index in [4.69, 9.17) is 0 Å². The molecule has 5 nitrogen and oxygen atoms in total. The number of nitro groups is 1. The highest BCUT2D eigenvalue weighted by Crippen LogP contribution is 2.19. The van der Waals surface area contributed by atoms with Crippen LogP contribution < -0.4 is 0 Å². The molecule has 60 valence electrons. The summed E-state index contributed by atoms with van der Waals surface area (Å²) >= 11 is 1.89. The average Bonchev–Trinajstić information content (AvgIpc) is 2.30.